The van der Waals surface area contributed by atoms with Gasteiger partial charge in [-0.2, -0.15) is 0 Å². The normalized spacial score (nSPS) is 11.0. The number of carbonyl (C=O) groups is 1. The van der Waals surface area contributed by atoms with Crippen LogP contribution in [0.3, 0.4) is 0 Å². The van der Waals surface area contributed by atoms with Crippen LogP contribution in [0.5, 0.6) is 5.75 Å². The maximum absolute atomic E-state index is 12.2. The zero-order chi connectivity index (χ0) is 23.0. The number of benzene rings is 3. The lowest BCUT2D eigenvalue weighted by atomic mass is 10.1. The van der Waals surface area contributed by atoms with Gasteiger partial charge in [-0.05, 0) is 49.2 Å². The number of fused-ring (bicyclic) bond motifs is 1. The van der Waals surface area contributed by atoms with Crippen LogP contribution in [0.25, 0.3) is 11.0 Å². The Labute approximate surface area is 199 Å². The van der Waals surface area contributed by atoms with E-state index in [1.54, 1.807) is 31.4 Å². The Morgan fingerprint density at radius 1 is 1.00 bits per heavy atom. The average Bonchev–Trinajstić information content (AvgIpc) is 3.18. The van der Waals surface area contributed by atoms with Gasteiger partial charge in [0.2, 0.25) is 0 Å². The molecule has 0 atom stereocenters. The van der Waals surface area contributed by atoms with E-state index < -0.39 is 0 Å². The minimum absolute atomic E-state index is 0.0869. The van der Waals surface area contributed by atoms with Crippen molar-refractivity contribution in [2.24, 2.45) is 0 Å². The highest BCUT2D eigenvalue weighted by Gasteiger charge is 2.13. The molecule has 0 saturated heterocycles. The highest BCUT2D eigenvalue weighted by molar-refractivity contribution is 6.30. The number of halogens is 1. The van der Waals surface area contributed by atoms with Gasteiger partial charge in [-0.25, -0.2) is 4.98 Å². The third-order valence-corrected chi connectivity index (χ3v) is 5.94. The van der Waals surface area contributed by atoms with E-state index in [1.807, 2.05) is 24.3 Å². The molecular weight excluding hydrogens is 434 g/mol. The Hall–Kier alpha value is -3.31. The van der Waals surface area contributed by atoms with Gasteiger partial charge < -0.3 is 14.6 Å². The maximum atomic E-state index is 12.2. The van der Waals surface area contributed by atoms with E-state index in [-0.39, 0.29) is 5.91 Å². The third kappa shape index (κ3) is 5.74. The van der Waals surface area contributed by atoms with Gasteiger partial charge in [0.05, 0.1) is 24.7 Å². The number of methoxy groups -OCH3 is 1. The Balaban J connectivity index is 1.35. The largest absolute Gasteiger partial charge is 0.496 e. The summed E-state index contributed by atoms with van der Waals surface area (Å²) in [6, 6.07) is 23.4. The molecule has 6 heteroatoms. The van der Waals surface area contributed by atoms with Crippen molar-refractivity contribution in [1.82, 2.24) is 14.9 Å². The number of carbonyl (C=O) groups excluding carboxylic acids is 1. The van der Waals surface area contributed by atoms with E-state index in [0.29, 0.717) is 17.1 Å². The van der Waals surface area contributed by atoms with Crippen LogP contribution in [-0.2, 0) is 13.0 Å². The number of hydrogen-bond donors (Lipinski definition) is 1. The average molecular weight is 462 g/mol. The SMILES string of the molecule is COc1ccccc1Cn1c(CCCCCNC(=O)c2cccc(Cl)c2)nc2ccccc21. The first-order chi connectivity index (χ1) is 16.2. The van der Waals surface area contributed by atoms with Crippen LogP contribution in [0.1, 0.15) is 41.0 Å². The summed E-state index contributed by atoms with van der Waals surface area (Å²) >= 11 is 5.96. The number of para-hydroxylation sites is 3. The fraction of sp³-hybridized carbons (Fsp3) is 0.259. The predicted octanol–water partition coefficient (Wildman–Crippen LogP) is 5.89. The number of unbranched alkanes of at least 4 members (excludes halogenated alkanes) is 2. The van der Waals surface area contributed by atoms with Crippen molar-refractivity contribution in [3.05, 3.63) is 94.8 Å². The number of hydrogen-bond acceptors (Lipinski definition) is 3. The lowest BCUT2D eigenvalue weighted by Crippen LogP contribution is -2.24. The summed E-state index contributed by atoms with van der Waals surface area (Å²) in [5.74, 6) is 1.87. The molecule has 0 bridgehead atoms. The highest BCUT2D eigenvalue weighted by atomic mass is 35.5. The zero-order valence-electron chi connectivity index (χ0n) is 18.8. The summed E-state index contributed by atoms with van der Waals surface area (Å²) in [7, 11) is 1.71. The van der Waals surface area contributed by atoms with E-state index >= 15 is 0 Å². The molecular formula is C27H28ClN3O2. The highest BCUT2D eigenvalue weighted by Crippen LogP contribution is 2.24. The van der Waals surface area contributed by atoms with Crippen LogP contribution in [0.15, 0.2) is 72.8 Å². The minimum Gasteiger partial charge on any atom is -0.496 e. The quantitative estimate of drug-likeness (QED) is 0.299. The van der Waals surface area contributed by atoms with E-state index in [2.05, 4.69) is 34.1 Å². The Bertz CT molecular complexity index is 1240. The molecule has 0 spiro atoms. The van der Waals surface area contributed by atoms with Gasteiger partial charge in [-0.1, -0.05) is 54.4 Å². The van der Waals surface area contributed by atoms with Crippen molar-refractivity contribution in [2.45, 2.75) is 32.2 Å². The van der Waals surface area contributed by atoms with Crippen LogP contribution < -0.4 is 10.1 Å². The fourth-order valence-corrected chi connectivity index (χ4v) is 4.21. The lowest BCUT2D eigenvalue weighted by molar-refractivity contribution is 0.0953. The number of rotatable bonds is 10. The molecule has 1 amide bonds. The van der Waals surface area contributed by atoms with E-state index in [1.165, 1.54) is 0 Å². The van der Waals surface area contributed by atoms with Gasteiger partial charge in [-0.15, -0.1) is 0 Å². The van der Waals surface area contributed by atoms with E-state index in [9.17, 15) is 4.79 Å². The molecule has 1 heterocycles. The molecule has 170 valence electrons. The smallest absolute Gasteiger partial charge is 0.251 e. The molecule has 1 N–H and O–H groups in total. The predicted molar refractivity (Wildman–Crippen MR) is 133 cm³/mol. The molecule has 4 aromatic rings. The number of aromatic nitrogens is 2. The molecule has 0 aliphatic carbocycles. The van der Waals surface area contributed by atoms with Crippen LogP contribution in [0.4, 0.5) is 0 Å². The van der Waals surface area contributed by atoms with Crippen molar-refractivity contribution < 1.29 is 9.53 Å². The van der Waals surface area contributed by atoms with Crippen molar-refractivity contribution in [2.75, 3.05) is 13.7 Å². The number of nitrogens with one attached hydrogen (secondary N) is 1. The minimum atomic E-state index is -0.0869. The number of aryl methyl sites for hydroxylation is 1. The molecule has 0 aliphatic rings. The summed E-state index contributed by atoms with van der Waals surface area (Å²) in [6.07, 6.45) is 3.81. The fourth-order valence-electron chi connectivity index (χ4n) is 4.02. The lowest BCUT2D eigenvalue weighted by Gasteiger charge is -2.12. The van der Waals surface area contributed by atoms with Crippen molar-refractivity contribution in [3.8, 4) is 5.75 Å². The van der Waals surface area contributed by atoms with Gasteiger partial charge in [0.15, 0.2) is 0 Å². The summed E-state index contributed by atoms with van der Waals surface area (Å²) in [5, 5.41) is 3.54. The Morgan fingerprint density at radius 2 is 1.82 bits per heavy atom. The van der Waals surface area contributed by atoms with Crippen LogP contribution >= 0.6 is 11.6 Å². The second-order valence-corrected chi connectivity index (χ2v) is 8.43. The number of ether oxygens (including phenoxy) is 1. The first kappa shape index (κ1) is 22.9. The molecule has 5 nitrogen and oxygen atoms in total. The van der Waals surface area contributed by atoms with Crippen molar-refractivity contribution >= 4 is 28.5 Å². The maximum Gasteiger partial charge on any atom is 0.251 e. The first-order valence-electron chi connectivity index (χ1n) is 11.3. The molecule has 0 fully saturated rings. The second kappa shape index (κ2) is 11.0. The van der Waals surface area contributed by atoms with E-state index in [4.69, 9.17) is 21.3 Å². The van der Waals surface area contributed by atoms with Gasteiger partial charge in [-0.3, -0.25) is 4.79 Å². The van der Waals surface area contributed by atoms with Gasteiger partial charge in [0.25, 0.3) is 5.91 Å². The number of nitrogens with zero attached hydrogens (tertiary/aromatic N) is 2. The van der Waals surface area contributed by atoms with Crippen LogP contribution in [0.2, 0.25) is 5.02 Å². The molecule has 33 heavy (non-hydrogen) atoms. The van der Waals surface area contributed by atoms with E-state index in [0.717, 1.165) is 60.4 Å². The monoisotopic (exact) mass is 461 g/mol. The summed E-state index contributed by atoms with van der Waals surface area (Å²) in [6.45, 7) is 1.36. The number of amides is 1. The Morgan fingerprint density at radius 3 is 2.67 bits per heavy atom. The summed E-state index contributed by atoms with van der Waals surface area (Å²) < 4.78 is 7.84. The van der Waals surface area contributed by atoms with Crippen molar-refractivity contribution in [3.63, 3.8) is 0 Å². The zero-order valence-corrected chi connectivity index (χ0v) is 19.5. The summed E-state index contributed by atoms with van der Waals surface area (Å²) in [4.78, 5) is 17.1. The topological polar surface area (TPSA) is 56.1 Å². The molecule has 4 rings (SSSR count). The Kier molecular flexibility index (Phi) is 7.63. The van der Waals surface area contributed by atoms with Gasteiger partial charge in [0, 0.05) is 29.1 Å². The van der Waals surface area contributed by atoms with Gasteiger partial charge in [0.1, 0.15) is 11.6 Å². The number of imidazole rings is 1. The molecule has 0 saturated carbocycles. The molecule has 0 aliphatic heterocycles. The molecule has 0 unspecified atom stereocenters. The standard InChI is InChI=1S/C27H28ClN3O2/c1-33-25-15-7-4-10-21(25)19-31-24-14-6-5-13-23(24)30-26(31)16-3-2-8-17-29-27(32)20-11-9-12-22(28)18-20/h4-7,9-15,18H,2-3,8,16-17,19H2,1H3,(H,29,32). The van der Waals surface area contributed by atoms with Gasteiger partial charge >= 0.3 is 0 Å². The third-order valence-electron chi connectivity index (χ3n) is 5.70. The van der Waals surface area contributed by atoms with Crippen LogP contribution in [0, 0.1) is 0 Å². The first-order valence-corrected chi connectivity index (χ1v) is 11.6. The molecule has 0 radical (unpaired) electrons. The van der Waals surface area contributed by atoms with Crippen molar-refractivity contribution in [1.29, 1.82) is 0 Å². The molecule has 3 aromatic carbocycles. The van der Waals surface area contributed by atoms with Crippen LogP contribution in [-0.4, -0.2) is 29.1 Å². The summed E-state index contributed by atoms with van der Waals surface area (Å²) in [5.41, 5.74) is 3.86. The molecule has 1 aromatic heterocycles. The second-order valence-electron chi connectivity index (χ2n) is 7.99.